The molecule has 2 amide bonds. The molecule has 0 fully saturated rings. The second-order valence-electron chi connectivity index (χ2n) is 6.42. The van der Waals surface area contributed by atoms with E-state index in [4.69, 9.17) is 0 Å². The zero-order valence-corrected chi connectivity index (χ0v) is 15.8. The molecule has 0 spiro atoms. The normalized spacial score (nSPS) is 10.6. The van der Waals surface area contributed by atoms with Crippen LogP contribution in [0.25, 0.3) is 10.8 Å². The van der Waals surface area contributed by atoms with Crippen LogP contribution in [0.15, 0.2) is 84.2 Å². The molecule has 0 atom stereocenters. The maximum atomic E-state index is 12.4. The molecule has 138 valence electrons. The summed E-state index contributed by atoms with van der Waals surface area (Å²) in [4.78, 5) is 25.3. The highest BCUT2D eigenvalue weighted by Gasteiger charge is 2.09. The lowest BCUT2D eigenvalue weighted by Crippen LogP contribution is -2.15. The number of hydrogen-bond acceptors (Lipinski definition) is 3. The Morgan fingerprint density at radius 1 is 0.750 bits per heavy atom. The van der Waals surface area contributed by atoms with Crippen LogP contribution in [0.1, 0.15) is 15.2 Å². The van der Waals surface area contributed by atoms with Gasteiger partial charge < -0.3 is 10.6 Å². The van der Waals surface area contributed by atoms with E-state index in [1.54, 1.807) is 30.3 Å². The molecule has 0 unspecified atom stereocenters. The van der Waals surface area contributed by atoms with E-state index < -0.39 is 0 Å². The van der Waals surface area contributed by atoms with Crippen molar-refractivity contribution in [2.45, 2.75) is 6.42 Å². The monoisotopic (exact) mass is 386 g/mol. The van der Waals surface area contributed by atoms with Crippen LogP contribution in [0.5, 0.6) is 0 Å². The van der Waals surface area contributed by atoms with E-state index in [0.717, 1.165) is 16.3 Å². The minimum absolute atomic E-state index is 0.1000. The summed E-state index contributed by atoms with van der Waals surface area (Å²) >= 11 is 1.39. The van der Waals surface area contributed by atoms with Crippen LogP contribution in [0.2, 0.25) is 0 Å². The lowest BCUT2D eigenvalue weighted by atomic mass is 10.0. The van der Waals surface area contributed by atoms with Gasteiger partial charge in [0, 0.05) is 11.4 Å². The van der Waals surface area contributed by atoms with Crippen LogP contribution in [0.4, 0.5) is 11.4 Å². The van der Waals surface area contributed by atoms with E-state index in [-0.39, 0.29) is 18.2 Å². The fourth-order valence-electron chi connectivity index (χ4n) is 3.01. The molecule has 28 heavy (non-hydrogen) atoms. The standard InChI is InChI=1S/C23H18N2O2S/c26-22(14-16-10-11-17-5-1-2-6-18(17)13-16)24-19-7-3-8-20(15-19)25-23(27)21-9-4-12-28-21/h1-13,15H,14H2,(H,24,26)(H,25,27). The predicted molar refractivity (Wildman–Crippen MR) is 115 cm³/mol. The number of carbonyl (C=O) groups is 2. The Kier molecular flexibility index (Phi) is 5.17. The maximum Gasteiger partial charge on any atom is 0.265 e. The Morgan fingerprint density at radius 2 is 1.54 bits per heavy atom. The van der Waals surface area contributed by atoms with E-state index in [1.165, 1.54) is 11.3 Å². The molecule has 0 aliphatic rings. The van der Waals surface area contributed by atoms with Crippen molar-refractivity contribution < 1.29 is 9.59 Å². The molecule has 0 radical (unpaired) electrons. The third-order valence-corrected chi connectivity index (χ3v) is 5.20. The average Bonchev–Trinajstić information content (AvgIpc) is 3.23. The number of amides is 2. The Labute approximate surface area is 166 Å². The van der Waals surface area contributed by atoms with Crippen molar-refractivity contribution in [1.29, 1.82) is 0 Å². The fraction of sp³-hybridized carbons (Fsp3) is 0.0435. The largest absolute Gasteiger partial charge is 0.326 e. The van der Waals surface area contributed by atoms with Crippen LogP contribution in [0.3, 0.4) is 0 Å². The molecule has 3 aromatic carbocycles. The quantitative estimate of drug-likeness (QED) is 0.487. The van der Waals surface area contributed by atoms with Crippen LogP contribution < -0.4 is 10.6 Å². The second-order valence-corrected chi connectivity index (χ2v) is 7.37. The number of nitrogens with one attached hydrogen (secondary N) is 2. The number of thiophene rings is 1. The van der Waals surface area contributed by atoms with E-state index in [2.05, 4.69) is 16.7 Å². The van der Waals surface area contributed by atoms with Gasteiger partial charge in [0.15, 0.2) is 0 Å². The zero-order chi connectivity index (χ0) is 19.3. The average molecular weight is 386 g/mol. The highest BCUT2D eigenvalue weighted by atomic mass is 32.1. The lowest BCUT2D eigenvalue weighted by Gasteiger charge is -2.09. The van der Waals surface area contributed by atoms with Crippen LogP contribution in [-0.2, 0) is 11.2 Å². The van der Waals surface area contributed by atoms with Crippen molar-refractivity contribution in [3.63, 3.8) is 0 Å². The van der Waals surface area contributed by atoms with Gasteiger partial charge in [0.2, 0.25) is 5.91 Å². The first kappa shape index (κ1) is 17.9. The van der Waals surface area contributed by atoms with Gasteiger partial charge in [0.1, 0.15) is 0 Å². The molecule has 2 N–H and O–H groups in total. The Morgan fingerprint density at radius 3 is 2.32 bits per heavy atom. The molecule has 4 nitrogen and oxygen atoms in total. The molecule has 0 saturated heterocycles. The highest BCUT2D eigenvalue weighted by Crippen LogP contribution is 2.19. The molecule has 1 heterocycles. The molecule has 0 aliphatic carbocycles. The lowest BCUT2D eigenvalue weighted by molar-refractivity contribution is -0.115. The molecule has 0 bridgehead atoms. The number of hydrogen-bond donors (Lipinski definition) is 2. The molecule has 1 aromatic heterocycles. The van der Waals surface area contributed by atoms with Gasteiger partial charge in [-0.2, -0.15) is 0 Å². The highest BCUT2D eigenvalue weighted by molar-refractivity contribution is 7.12. The number of carbonyl (C=O) groups excluding carboxylic acids is 2. The van der Waals surface area contributed by atoms with Crippen molar-refractivity contribution in [1.82, 2.24) is 0 Å². The molecular formula is C23H18N2O2S. The minimum Gasteiger partial charge on any atom is -0.326 e. The van der Waals surface area contributed by atoms with Crippen molar-refractivity contribution in [2.24, 2.45) is 0 Å². The maximum absolute atomic E-state index is 12.4. The summed E-state index contributed by atoms with van der Waals surface area (Å²) < 4.78 is 0. The Hall–Kier alpha value is -3.44. The predicted octanol–water partition coefficient (Wildman–Crippen LogP) is 5.33. The van der Waals surface area contributed by atoms with Crippen molar-refractivity contribution in [2.75, 3.05) is 10.6 Å². The van der Waals surface area contributed by atoms with Gasteiger partial charge in [-0.1, -0.05) is 54.6 Å². The third kappa shape index (κ3) is 4.27. The molecular weight excluding hydrogens is 368 g/mol. The van der Waals surface area contributed by atoms with Gasteiger partial charge in [0.25, 0.3) is 5.91 Å². The van der Waals surface area contributed by atoms with Crippen LogP contribution in [-0.4, -0.2) is 11.8 Å². The summed E-state index contributed by atoms with van der Waals surface area (Å²) in [5.74, 6) is -0.258. The summed E-state index contributed by atoms with van der Waals surface area (Å²) in [5, 5.41) is 9.88. The van der Waals surface area contributed by atoms with Gasteiger partial charge in [-0.05, 0) is 46.0 Å². The van der Waals surface area contributed by atoms with Gasteiger partial charge in [0.05, 0.1) is 11.3 Å². The summed E-state index contributed by atoms with van der Waals surface area (Å²) in [7, 11) is 0. The van der Waals surface area contributed by atoms with Crippen molar-refractivity contribution in [3.8, 4) is 0 Å². The molecule has 0 aliphatic heterocycles. The molecule has 0 saturated carbocycles. The first-order valence-electron chi connectivity index (χ1n) is 8.90. The number of anilines is 2. The SMILES string of the molecule is O=C(Cc1ccc2ccccc2c1)Nc1cccc(NC(=O)c2cccs2)c1. The van der Waals surface area contributed by atoms with Crippen molar-refractivity contribution in [3.05, 3.63) is 94.7 Å². The van der Waals surface area contributed by atoms with Crippen LogP contribution >= 0.6 is 11.3 Å². The minimum atomic E-state index is -0.158. The van der Waals surface area contributed by atoms with Gasteiger partial charge >= 0.3 is 0 Å². The molecule has 4 rings (SSSR count). The summed E-state index contributed by atoms with van der Waals surface area (Å²) in [5.41, 5.74) is 2.25. The van der Waals surface area contributed by atoms with Gasteiger partial charge in [-0.15, -0.1) is 11.3 Å². The number of benzene rings is 3. The van der Waals surface area contributed by atoms with Crippen LogP contribution in [0, 0.1) is 0 Å². The third-order valence-electron chi connectivity index (χ3n) is 4.33. The van der Waals surface area contributed by atoms with E-state index >= 15 is 0 Å². The smallest absolute Gasteiger partial charge is 0.265 e. The van der Waals surface area contributed by atoms with E-state index in [9.17, 15) is 9.59 Å². The number of rotatable bonds is 5. The summed E-state index contributed by atoms with van der Waals surface area (Å²) in [6.07, 6.45) is 0.288. The number of fused-ring (bicyclic) bond motifs is 1. The first-order valence-corrected chi connectivity index (χ1v) is 9.78. The van der Waals surface area contributed by atoms with Gasteiger partial charge in [-0.25, -0.2) is 0 Å². The summed E-state index contributed by atoms with van der Waals surface area (Å²) in [6, 6.07) is 24.9. The summed E-state index contributed by atoms with van der Waals surface area (Å²) in [6.45, 7) is 0. The van der Waals surface area contributed by atoms with E-state index in [0.29, 0.717) is 16.3 Å². The Bertz CT molecular complexity index is 1140. The second kappa shape index (κ2) is 8.06. The molecule has 5 heteroatoms. The van der Waals surface area contributed by atoms with Gasteiger partial charge in [-0.3, -0.25) is 9.59 Å². The molecule has 4 aromatic rings. The Balaban J connectivity index is 1.41. The topological polar surface area (TPSA) is 58.2 Å². The zero-order valence-electron chi connectivity index (χ0n) is 15.0. The first-order chi connectivity index (χ1) is 13.7. The fourth-order valence-corrected chi connectivity index (χ4v) is 3.63. The van der Waals surface area contributed by atoms with Crippen molar-refractivity contribution >= 4 is 45.3 Å². The van der Waals surface area contributed by atoms with E-state index in [1.807, 2.05) is 47.8 Å².